The minimum atomic E-state index is 0.683. The Bertz CT molecular complexity index is 492. The van der Waals surface area contributed by atoms with Gasteiger partial charge in [0, 0.05) is 6.07 Å². The van der Waals surface area contributed by atoms with Crippen LogP contribution in [0.15, 0.2) is 24.4 Å². The highest BCUT2D eigenvalue weighted by molar-refractivity contribution is 6.35. The third-order valence-corrected chi connectivity index (χ3v) is 2.91. The maximum absolute atomic E-state index is 6.14. The van der Waals surface area contributed by atoms with E-state index in [1.807, 2.05) is 36.0 Å². The highest BCUT2D eigenvalue weighted by atomic mass is 35.5. The third-order valence-electron chi connectivity index (χ3n) is 2.58. The summed E-state index contributed by atoms with van der Waals surface area (Å²) in [6, 6.07) is 5.66. The number of halogens is 1. The number of hydrogen-bond acceptors (Lipinski definition) is 2. The summed E-state index contributed by atoms with van der Waals surface area (Å²) in [7, 11) is 5.19. The van der Waals surface area contributed by atoms with E-state index >= 15 is 0 Å². The average molecular weight is 239 g/mol. The van der Waals surface area contributed by atoms with Crippen LogP contribution in [-0.4, -0.2) is 14.2 Å². The van der Waals surface area contributed by atoms with Crippen molar-refractivity contribution in [2.75, 3.05) is 14.2 Å². The predicted octanol–water partition coefficient (Wildman–Crippen LogP) is 2.33. The summed E-state index contributed by atoms with van der Waals surface area (Å²) in [5, 5.41) is 1.65. The van der Waals surface area contributed by atoms with E-state index in [-0.39, 0.29) is 0 Å². The van der Waals surface area contributed by atoms with Crippen molar-refractivity contribution in [3.63, 3.8) is 0 Å². The molecule has 0 saturated heterocycles. The fourth-order valence-electron chi connectivity index (χ4n) is 1.70. The van der Waals surface area contributed by atoms with E-state index in [0.29, 0.717) is 16.5 Å². The highest BCUT2D eigenvalue weighted by Crippen LogP contribution is 2.33. The van der Waals surface area contributed by atoms with Crippen LogP contribution in [0.5, 0.6) is 11.5 Å². The molecule has 1 heterocycles. The minimum absolute atomic E-state index is 0.683. The smallest absolute Gasteiger partial charge is 0.217 e. The van der Waals surface area contributed by atoms with E-state index in [1.165, 1.54) is 0 Å². The topological polar surface area (TPSA) is 22.3 Å². The summed E-state index contributed by atoms with van der Waals surface area (Å²) in [6.45, 7) is 0. The van der Waals surface area contributed by atoms with Crippen molar-refractivity contribution in [3.05, 3.63) is 29.4 Å². The van der Waals surface area contributed by atoms with Crippen molar-refractivity contribution in [1.82, 2.24) is 0 Å². The van der Waals surface area contributed by atoms with Crippen LogP contribution >= 0.6 is 11.6 Å². The van der Waals surface area contributed by atoms with Crippen molar-refractivity contribution in [2.45, 2.75) is 0 Å². The fourth-order valence-corrected chi connectivity index (χ4v) is 1.91. The van der Waals surface area contributed by atoms with Gasteiger partial charge in [0.2, 0.25) is 5.52 Å². The Balaban J connectivity index is 2.82. The Morgan fingerprint density at radius 3 is 2.38 bits per heavy atom. The molecule has 2 rings (SSSR count). The number of benzene rings is 1. The molecule has 1 aromatic heterocycles. The van der Waals surface area contributed by atoms with Crippen molar-refractivity contribution < 1.29 is 14.0 Å². The molecule has 0 aliphatic heterocycles. The number of methoxy groups -OCH3 is 2. The van der Waals surface area contributed by atoms with E-state index in [9.17, 15) is 0 Å². The Hall–Kier alpha value is -1.48. The van der Waals surface area contributed by atoms with Crippen molar-refractivity contribution >= 4 is 22.5 Å². The second-order valence-corrected chi connectivity index (χ2v) is 3.91. The standard InChI is InChI=1S/C12H13ClNO2/c1-14-5-4-9(13)8-6-11(15-2)12(16-3)7-10(8)14/h4-7H,1-3H3/q+1. The first-order chi connectivity index (χ1) is 7.67. The average Bonchev–Trinajstić information content (AvgIpc) is 2.32. The molecule has 1 aromatic carbocycles. The molecule has 4 heteroatoms. The Morgan fingerprint density at radius 2 is 1.75 bits per heavy atom. The number of ether oxygens (including phenoxy) is 2. The molecule has 0 bridgehead atoms. The minimum Gasteiger partial charge on any atom is -0.493 e. The SMILES string of the molecule is COc1cc2c(Cl)cc[n+](C)c2cc1OC. The molecule has 0 aliphatic carbocycles. The molecule has 16 heavy (non-hydrogen) atoms. The van der Waals surface area contributed by atoms with E-state index in [0.717, 1.165) is 10.9 Å². The summed E-state index contributed by atoms with van der Waals surface area (Å²) in [5.41, 5.74) is 1.00. The third kappa shape index (κ3) is 1.67. The number of nitrogens with zero attached hydrogens (tertiary/aromatic N) is 1. The second-order valence-electron chi connectivity index (χ2n) is 3.50. The lowest BCUT2D eigenvalue weighted by atomic mass is 10.2. The molecule has 0 unspecified atom stereocenters. The fraction of sp³-hybridized carbons (Fsp3) is 0.250. The number of fused-ring (bicyclic) bond motifs is 1. The zero-order chi connectivity index (χ0) is 11.7. The van der Waals surface area contributed by atoms with Crippen LogP contribution in [0.3, 0.4) is 0 Å². The molecule has 3 nitrogen and oxygen atoms in total. The summed E-state index contributed by atoms with van der Waals surface area (Å²) in [5.74, 6) is 1.39. The van der Waals surface area contributed by atoms with Gasteiger partial charge in [-0.1, -0.05) is 11.6 Å². The summed E-state index contributed by atoms with van der Waals surface area (Å²) in [4.78, 5) is 0. The maximum Gasteiger partial charge on any atom is 0.217 e. The van der Waals surface area contributed by atoms with Gasteiger partial charge in [0.05, 0.1) is 30.7 Å². The number of pyridine rings is 1. The van der Waals surface area contributed by atoms with E-state index < -0.39 is 0 Å². The van der Waals surface area contributed by atoms with Gasteiger partial charge in [0.15, 0.2) is 17.7 Å². The van der Waals surface area contributed by atoms with Gasteiger partial charge in [-0.15, -0.1) is 0 Å². The zero-order valence-corrected chi connectivity index (χ0v) is 10.2. The van der Waals surface area contributed by atoms with Gasteiger partial charge in [-0.25, -0.2) is 4.57 Å². The van der Waals surface area contributed by atoms with Gasteiger partial charge in [0.25, 0.3) is 0 Å². The molecule has 84 valence electrons. The van der Waals surface area contributed by atoms with E-state index in [1.54, 1.807) is 14.2 Å². The van der Waals surface area contributed by atoms with E-state index in [2.05, 4.69) is 0 Å². The van der Waals surface area contributed by atoms with Crippen LogP contribution in [0.1, 0.15) is 0 Å². The van der Waals surface area contributed by atoms with Crippen LogP contribution in [0.4, 0.5) is 0 Å². The normalized spacial score (nSPS) is 10.5. The lowest BCUT2D eigenvalue weighted by Crippen LogP contribution is -2.28. The predicted molar refractivity (Wildman–Crippen MR) is 63.2 cm³/mol. The number of aryl methyl sites for hydroxylation is 1. The monoisotopic (exact) mass is 238 g/mol. The molecule has 2 aromatic rings. The van der Waals surface area contributed by atoms with Gasteiger partial charge < -0.3 is 9.47 Å². The van der Waals surface area contributed by atoms with E-state index in [4.69, 9.17) is 21.1 Å². The maximum atomic E-state index is 6.14. The summed E-state index contributed by atoms with van der Waals surface area (Å²) >= 11 is 6.14. The first kappa shape index (κ1) is 11.0. The zero-order valence-electron chi connectivity index (χ0n) is 9.45. The van der Waals surface area contributed by atoms with Crippen molar-refractivity contribution in [1.29, 1.82) is 0 Å². The molecule has 0 amide bonds. The molecule has 0 N–H and O–H groups in total. The van der Waals surface area contributed by atoms with Gasteiger partial charge in [-0.3, -0.25) is 0 Å². The van der Waals surface area contributed by atoms with Crippen LogP contribution in [0, 0.1) is 0 Å². The number of aromatic nitrogens is 1. The van der Waals surface area contributed by atoms with Crippen LogP contribution < -0.4 is 14.0 Å². The molecule has 0 spiro atoms. The lowest BCUT2D eigenvalue weighted by Gasteiger charge is -2.08. The van der Waals surface area contributed by atoms with Gasteiger partial charge >= 0.3 is 0 Å². The van der Waals surface area contributed by atoms with Crippen LogP contribution in [0.2, 0.25) is 5.02 Å². The van der Waals surface area contributed by atoms with Gasteiger partial charge in [0.1, 0.15) is 7.05 Å². The summed E-state index contributed by atoms with van der Waals surface area (Å²) < 4.78 is 12.5. The number of hydrogen-bond donors (Lipinski definition) is 0. The molecular weight excluding hydrogens is 226 g/mol. The Kier molecular flexibility index (Phi) is 2.88. The quantitative estimate of drug-likeness (QED) is 0.750. The van der Waals surface area contributed by atoms with Crippen LogP contribution in [-0.2, 0) is 7.05 Å². The molecule has 0 saturated carbocycles. The number of rotatable bonds is 2. The lowest BCUT2D eigenvalue weighted by molar-refractivity contribution is -0.644. The second kappa shape index (κ2) is 4.18. The van der Waals surface area contributed by atoms with Gasteiger partial charge in [-0.2, -0.15) is 0 Å². The highest BCUT2D eigenvalue weighted by Gasteiger charge is 2.14. The first-order valence-corrected chi connectivity index (χ1v) is 5.25. The van der Waals surface area contributed by atoms with Crippen LogP contribution in [0.25, 0.3) is 10.9 Å². The Labute approximate surface area is 99.2 Å². The molecule has 0 radical (unpaired) electrons. The van der Waals surface area contributed by atoms with Crippen molar-refractivity contribution in [2.24, 2.45) is 7.05 Å². The Morgan fingerprint density at radius 1 is 1.12 bits per heavy atom. The van der Waals surface area contributed by atoms with Crippen molar-refractivity contribution in [3.8, 4) is 11.5 Å². The molecule has 0 aliphatic rings. The molecular formula is C12H13ClNO2+. The largest absolute Gasteiger partial charge is 0.493 e. The molecule has 0 fully saturated rings. The molecule has 0 atom stereocenters. The first-order valence-electron chi connectivity index (χ1n) is 4.87. The van der Waals surface area contributed by atoms with Gasteiger partial charge in [-0.05, 0) is 6.07 Å². The summed E-state index contributed by atoms with van der Waals surface area (Å²) in [6.07, 6.45) is 1.91.